The minimum atomic E-state index is -5.14. The van der Waals surface area contributed by atoms with E-state index in [0.29, 0.717) is 30.3 Å². The number of anilines is 2. The average molecular weight is 583 g/mol. The molecule has 0 radical (unpaired) electrons. The van der Waals surface area contributed by atoms with Gasteiger partial charge in [-0.3, -0.25) is 9.48 Å². The second-order valence-electron chi connectivity index (χ2n) is 8.09. The Morgan fingerprint density at radius 1 is 1.10 bits per heavy atom. The van der Waals surface area contributed by atoms with E-state index in [1.807, 2.05) is 0 Å². The monoisotopic (exact) mass is 582 g/mol. The summed E-state index contributed by atoms with van der Waals surface area (Å²) in [5, 5.41) is 4.05. The molecule has 16 heteroatoms. The number of nitrogens with zero attached hydrogens (tertiary/aromatic N) is 5. The first kappa shape index (κ1) is 28.4. The van der Waals surface area contributed by atoms with E-state index in [2.05, 4.69) is 15.1 Å². The van der Waals surface area contributed by atoms with E-state index in [0.717, 1.165) is 11.6 Å². The number of alkyl halides is 1. The second-order valence-corrected chi connectivity index (χ2v) is 9.92. The van der Waals surface area contributed by atoms with Gasteiger partial charge in [0, 0.05) is 24.9 Å². The van der Waals surface area contributed by atoms with Crippen LogP contribution in [0.5, 0.6) is 0 Å². The van der Waals surface area contributed by atoms with Crippen LogP contribution in [0.25, 0.3) is 22.5 Å². The Morgan fingerprint density at radius 3 is 2.50 bits per heavy atom. The number of ether oxygens (including phenoxy) is 1. The minimum absolute atomic E-state index is 0.0110. The predicted octanol–water partition coefficient (Wildman–Crippen LogP) is 3.83. The normalized spacial score (nSPS) is 11.4. The largest absolute Gasteiger partial charge is 0.443 e. The summed E-state index contributed by atoms with van der Waals surface area (Å²) in [7, 11) is -5.14. The molecule has 2 aromatic heterocycles. The van der Waals surface area contributed by atoms with Gasteiger partial charge in [-0.15, -0.1) is 0 Å². The number of rotatable bonds is 9. The van der Waals surface area contributed by atoms with Crippen LogP contribution in [-0.2, 0) is 26.1 Å². The Kier molecular flexibility index (Phi) is 7.99. The highest BCUT2D eigenvalue weighted by molar-refractivity contribution is 7.92. The van der Waals surface area contributed by atoms with Crippen molar-refractivity contribution in [3.05, 3.63) is 72.1 Å². The number of carbonyl (C=O) groups excluding carboxylic acids is 1. The standard InChI is InChI=1S/C24H19F5N6O4S/c1-13(36)39-12-35(40(37,38)20-10-14(26)2-3-16(20)27)19-5-4-17(28)21(22(19)29)23-15(11-34(33-23)9-7-25)18-6-8-31-24(30)32-18/h2-6,8,10-11H,7,9,12H2,1H3,(H2,30,31,32). The first-order chi connectivity index (χ1) is 18.9. The Labute approximate surface area is 223 Å². The van der Waals surface area contributed by atoms with Crippen LogP contribution in [0.2, 0.25) is 0 Å². The predicted molar refractivity (Wildman–Crippen MR) is 132 cm³/mol. The molecule has 0 saturated heterocycles. The highest BCUT2D eigenvalue weighted by atomic mass is 32.2. The van der Waals surface area contributed by atoms with Gasteiger partial charge in [-0.25, -0.2) is 44.6 Å². The van der Waals surface area contributed by atoms with Gasteiger partial charge in [-0.05, 0) is 36.4 Å². The van der Waals surface area contributed by atoms with E-state index in [1.54, 1.807) is 0 Å². The van der Waals surface area contributed by atoms with Crippen molar-refractivity contribution in [3.8, 4) is 22.5 Å². The SMILES string of the molecule is CC(=O)OCN(c1ccc(F)c(-c2nn(CCF)cc2-c2ccnc(N)n2)c1F)S(=O)(=O)c1cc(F)ccc1F. The van der Waals surface area contributed by atoms with Gasteiger partial charge < -0.3 is 10.5 Å². The number of nitrogens with two attached hydrogens (primary N) is 1. The number of nitrogen functional groups attached to an aromatic ring is 1. The number of carbonyl (C=O) groups is 1. The maximum atomic E-state index is 16.2. The Bertz CT molecular complexity index is 1700. The van der Waals surface area contributed by atoms with Crippen molar-refractivity contribution in [1.29, 1.82) is 0 Å². The summed E-state index contributed by atoms with van der Waals surface area (Å²) < 4.78 is 106. The van der Waals surface area contributed by atoms with E-state index in [1.165, 1.54) is 18.5 Å². The van der Waals surface area contributed by atoms with Gasteiger partial charge in [0.1, 0.15) is 34.7 Å². The van der Waals surface area contributed by atoms with E-state index in [9.17, 15) is 26.4 Å². The zero-order chi connectivity index (χ0) is 29.2. The van der Waals surface area contributed by atoms with Crippen LogP contribution in [0.3, 0.4) is 0 Å². The van der Waals surface area contributed by atoms with Crippen molar-refractivity contribution in [1.82, 2.24) is 19.7 Å². The molecule has 2 N–H and O–H groups in total. The quantitative estimate of drug-likeness (QED) is 0.179. The number of sulfonamides is 1. The molecular weight excluding hydrogens is 563 g/mol. The lowest BCUT2D eigenvalue weighted by molar-refractivity contribution is -0.140. The summed E-state index contributed by atoms with van der Waals surface area (Å²) in [5.74, 6) is -6.42. The van der Waals surface area contributed by atoms with E-state index < -0.39 is 74.5 Å². The first-order valence-corrected chi connectivity index (χ1v) is 12.7. The van der Waals surface area contributed by atoms with Crippen molar-refractivity contribution < 1.29 is 39.9 Å². The van der Waals surface area contributed by atoms with Crippen molar-refractivity contribution in [2.45, 2.75) is 18.4 Å². The van der Waals surface area contributed by atoms with Gasteiger partial charge in [0.25, 0.3) is 10.0 Å². The molecule has 40 heavy (non-hydrogen) atoms. The van der Waals surface area contributed by atoms with Crippen LogP contribution in [0.15, 0.2) is 53.7 Å². The molecule has 4 aromatic rings. The fraction of sp³-hybridized carbons (Fsp3) is 0.167. The highest BCUT2D eigenvalue weighted by Crippen LogP contribution is 2.38. The van der Waals surface area contributed by atoms with Crippen molar-refractivity contribution >= 4 is 27.6 Å². The molecule has 0 aliphatic heterocycles. The molecule has 0 unspecified atom stereocenters. The summed E-state index contributed by atoms with van der Waals surface area (Å²) in [6, 6.07) is 4.29. The van der Waals surface area contributed by atoms with Gasteiger partial charge in [-0.1, -0.05) is 0 Å². The van der Waals surface area contributed by atoms with Gasteiger partial charge in [0.2, 0.25) is 5.95 Å². The third-order valence-corrected chi connectivity index (χ3v) is 7.20. The highest BCUT2D eigenvalue weighted by Gasteiger charge is 2.34. The fourth-order valence-corrected chi connectivity index (χ4v) is 5.09. The first-order valence-electron chi connectivity index (χ1n) is 11.3. The Morgan fingerprint density at radius 2 is 1.82 bits per heavy atom. The molecule has 0 bridgehead atoms. The second kappa shape index (κ2) is 11.3. The lowest BCUT2D eigenvalue weighted by Crippen LogP contribution is -2.35. The molecule has 0 saturated carbocycles. The third kappa shape index (κ3) is 5.56. The molecule has 0 fully saturated rings. The third-order valence-electron chi connectivity index (χ3n) is 5.45. The van der Waals surface area contributed by atoms with Gasteiger partial charge in [0.05, 0.1) is 23.5 Å². The van der Waals surface area contributed by atoms with E-state index in [4.69, 9.17) is 10.5 Å². The molecule has 0 aliphatic rings. The van der Waals surface area contributed by atoms with Gasteiger partial charge in [-0.2, -0.15) is 5.10 Å². The van der Waals surface area contributed by atoms with Crippen LogP contribution >= 0.6 is 0 Å². The van der Waals surface area contributed by atoms with E-state index >= 15 is 8.78 Å². The summed E-state index contributed by atoms with van der Waals surface area (Å²) >= 11 is 0. The number of benzene rings is 2. The van der Waals surface area contributed by atoms with Crippen molar-refractivity contribution in [2.75, 3.05) is 23.4 Å². The number of aromatic nitrogens is 4. The number of esters is 1. The molecule has 4 rings (SSSR count). The molecule has 0 spiro atoms. The van der Waals surface area contributed by atoms with Crippen molar-refractivity contribution in [3.63, 3.8) is 0 Å². The maximum Gasteiger partial charge on any atom is 0.304 e. The van der Waals surface area contributed by atoms with Crippen LogP contribution in [0.1, 0.15) is 6.92 Å². The molecule has 2 aromatic carbocycles. The molecule has 10 nitrogen and oxygen atoms in total. The molecule has 0 amide bonds. The minimum Gasteiger partial charge on any atom is -0.443 e. The van der Waals surface area contributed by atoms with Crippen LogP contribution < -0.4 is 10.0 Å². The number of aryl methyl sites for hydroxylation is 1. The zero-order valence-electron chi connectivity index (χ0n) is 20.5. The zero-order valence-corrected chi connectivity index (χ0v) is 21.3. The Balaban J connectivity index is 1.96. The van der Waals surface area contributed by atoms with Crippen LogP contribution in [0.4, 0.5) is 33.6 Å². The molecule has 2 heterocycles. The van der Waals surface area contributed by atoms with Crippen molar-refractivity contribution in [2.24, 2.45) is 0 Å². The van der Waals surface area contributed by atoms with Gasteiger partial charge in [0.15, 0.2) is 12.5 Å². The summed E-state index contributed by atoms with van der Waals surface area (Å²) in [6.45, 7) is -1.44. The summed E-state index contributed by atoms with van der Waals surface area (Å²) in [5.41, 5.74) is 3.50. The lowest BCUT2D eigenvalue weighted by atomic mass is 10.0. The fourth-order valence-electron chi connectivity index (χ4n) is 3.68. The maximum absolute atomic E-state index is 16.2. The lowest BCUT2D eigenvalue weighted by Gasteiger charge is -2.25. The van der Waals surface area contributed by atoms with Crippen LogP contribution in [-0.4, -0.2) is 47.5 Å². The molecule has 210 valence electrons. The molecule has 0 aliphatic carbocycles. The van der Waals surface area contributed by atoms with E-state index in [-0.39, 0.29) is 28.1 Å². The molecular formula is C24H19F5N6O4S. The number of hydrogen-bond acceptors (Lipinski definition) is 8. The smallest absolute Gasteiger partial charge is 0.304 e. The Hall–Kier alpha value is -4.60. The summed E-state index contributed by atoms with van der Waals surface area (Å²) in [6.07, 6.45) is 2.51. The molecule has 0 atom stereocenters. The summed E-state index contributed by atoms with van der Waals surface area (Å²) in [4.78, 5) is 18.0. The van der Waals surface area contributed by atoms with Crippen LogP contribution in [0, 0.1) is 23.3 Å². The topological polar surface area (TPSA) is 133 Å². The number of halogens is 5. The average Bonchev–Trinajstić information content (AvgIpc) is 3.30. The van der Waals surface area contributed by atoms with Gasteiger partial charge >= 0.3 is 5.97 Å². The number of hydrogen-bond donors (Lipinski definition) is 1.